The average Bonchev–Trinajstić information content (AvgIpc) is 2.70. The van der Waals surface area contributed by atoms with Crippen LogP contribution in [0, 0.1) is 20.8 Å². The van der Waals surface area contributed by atoms with Gasteiger partial charge < -0.3 is 0 Å². The number of benzene rings is 1. The maximum absolute atomic E-state index is 12.5. The first-order valence-electron chi connectivity index (χ1n) is 5.36. The quantitative estimate of drug-likeness (QED) is 0.851. The molecule has 0 bridgehead atoms. The van der Waals surface area contributed by atoms with E-state index in [1.165, 1.54) is 16.4 Å². The number of rotatable bonds is 2. The molecule has 18 heavy (non-hydrogen) atoms. The molecule has 0 spiro atoms. The SMILES string of the molecule is Cc1cc(C)c(S(=O)(=O)n2ccnc2C)cc1Br. The summed E-state index contributed by atoms with van der Waals surface area (Å²) in [5, 5.41) is 0. The molecule has 0 aliphatic rings. The molecule has 0 unspecified atom stereocenters. The first kappa shape index (κ1) is 13.3. The summed E-state index contributed by atoms with van der Waals surface area (Å²) in [5.41, 5.74) is 1.73. The van der Waals surface area contributed by atoms with Crippen molar-refractivity contribution in [2.75, 3.05) is 0 Å². The highest BCUT2D eigenvalue weighted by Crippen LogP contribution is 2.26. The monoisotopic (exact) mass is 328 g/mol. The van der Waals surface area contributed by atoms with Crippen LogP contribution in [0.2, 0.25) is 0 Å². The van der Waals surface area contributed by atoms with E-state index in [9.17, 15) is 8.42 Å². The smallest absolute Gasteiger partial charge is 0.241 e. The molecule has 0 N–H and O–H groups in total. The van der Waals surface area contributed by atoms with Crippen LogP contribution in [0.1, 0.15) is 17.0 Å². The average molecular weight is 329 g/mol. The molecular weight excluding hydrogens is 316 g/mol. The van der Waals surface area contributed by atoms with Crippen LogP contribution in [-0.4, -0.2) is 17.4 Å². The van der Waals surface area contributed by atoms with Crippen LogP contribution in [0.4, 0.5) is 0 Å². The molecule has 0 fully saturated rings. The van der Waals surface area contributed by atoms with Gasteiger partial charge in [0.15, 0.2) is 0 Å². The van der Waals surface area contributed by atoms with Crippen molar-refractivity contribution in [1.29, 1.82) is 0 Å². The van der Waals surface area contributed by atoms with Crippen molar-refractivity contribution in [2.45, 2.75) is 25.7 Å². The first-order chi connectivity index (χ1) is 8.34. The molecular formula is C12H13BrN2O2S. The number of hydrogen-bond donors (Lipinski definition) is 0. The van der Waals surface area contributed by atoms with Gasteiger partial charge in [0.1, 0.15) is 5.82 Å². The summed E-state index contributed by atoms with van der Waals surface area (Å²) in [4.78, 5) is 4.24. The fourth-order valence-corrected chi connectivity index (χ4v) is 3.86. The van der Waals surface area contributed by atoms with Gasteiger partial charge in [0, 0.05) is 16.9 Å². The lowest BCUT2D eigenvalue weighted by Crippen LogP contribution is -2.15. The standard InChI is InChI=1S/C12H13BrN2O2S/c1-8-6-9(2)12(7-11(8)13)18(16,17)15-5-4-14-10(15)3/h4-7H,1-3H3. The molecule has 4 nitrogen and oxygen atoms in total. The molecule has 0 saturated heterocycles. The van der Waals surface area contributed by atoms with E-state index in [2.05, 4.69) is 20.9 Å². The van der Waals surface area contributed by atoms with E-state index < -0.39 is 10.0 Å². The maximum atomic E-state index is 12.5. The summed E-state index contributed by atoms with van der Waals surface area (Å²) < 4.78 is 27.0. The zero-order valence-electron chi connectivity index (χ0n) is 10.3. The minimum absolute atomic E-state index is 0.293. The van der Waals surface area contributed by atoms with Crippen LogP contribution in [0.5, 0.6) is 0 Å². The number of nitrogens with zero attached hydrogens (tertiary/aromatic N) is 2. The van der Waals surface area contributed by atoms with E-state index in [1.807, 2.05) is 13.0 Å². The summed E-state index contributed by atoms with van der Waals surface area (Å²) in [6.45, 7) is 5.38. The van der Waals surface area contributed by atoms with Gasteiger partial charge in [-0.2, -0.15) is 0 Å². The highest BCUT2D eigenvalue weighted by Gasteiger charge is 2.21. The van der Waals surface area contributed by atoms with E-state index >= 15 is 0 Å². The third-order valence-corrected chi connectivity index (χ3v) is 5.53. The Kier molecular flexibility index (Phi) is 3.33. The minimum Gasteiger partial charge on any atom is -0.241 e. The van der Waals surface area contributed by atoms with E-state index in [0.717, 1.165) is 15.6 Å². The lowest BCUT2D eigenvalue weighted by molar-refractivity contribution is 0.585. The van der Waals surface area contributed by atoms with Crippen molar-refractivity contribution in [3.05, 3.63) is 46.0 Å². The van der Waals surface area contributed by atoms with E-state index in [1.54, 1.807) is 19.9 Å². The third kappa shape index (κ3) is 2.10. The predicted molar refractivity (Wildman–Crippen MR) is 73.2 cm³/mol. The molecule has 2 aromatic rings. The highest BCUT2D eigenvalue weighted by atomic mass is 79.9. The Morgan fingerprint density at radius 1 is 1.17 bits per heavy atom. The van der Waals surface area contributed by atoms with Crippen molar-refractivity contribution in [1.82, 2.24) is 8.96 Å². The summed E-state index contributed by atoms with van der Waals surface area (Å²) >= 11 is 3.37. The Balaban J connectivity index is 2.70. The van der Waals surface area contributed by atoms with Gasteiger partial charge in [-0.15, -0.1) is 0 Å². The zero-order valence-corrected chi connectivity index (χ0v) is 12.7. The second-order valence-corrected chi connectivity index (χ2v) is 6.78. The first-order valence-corrected chi connectivity index (χ1v) is 7.59. The van der Waals surface area contributed by atoms with Gasteiger partial charge in [-0.05, 0) is 38.0 Å². The Morgan fingerprint density at radius 3 is 2.39 bits per heavy atom. The van der Waals surface area contributed by atoms with Crippen molar-refractivity contribution >= 4 is 26.0 Å². The van der Waals surface area contributed by atoms with E-state index in [-0.39, 0.29) is 0 Å². The zero-order chi connectivity index (χ0) is 13.5. The highest BCUT2D eigenvalue weighted by molar-refractivity contribution is 9.10. The maximum Gasteiger partial charge on any atom is 0.269 e. The molecule has 2 rings (SSSR count). The van der Waals surface area contributed by atoms with Crippen molar-refractivity contribution in [2.24, 2.45) is 0 Å². The molecule has 1 heterocycles. The number of aryl methyl sites for hydroxylation is 3. The second kappa shape index (κ2) is 4.51. The molecule has 0 radical (unpaired) electrons. The van der Waals surface area contributed by atoms with Crippen LogP contribution in [-0.2, 0) is 10.0 Å². The number of hydrogen-bond acceptors (Lipinski definition) is 3. The van der Waals surface area contributed by atoms with E-state index in [4.69, 9.17) is 0 Å². The van der Waals surface area contributed by atoms with Gasteiger partial charge in [-0.3, -0.25) is 0 Å². The largest absolute Gasteiger partial charge is 0.269 e. The van der Waals surface area contributed by atoms with Crippen molar-refractivity contribution in [3.63, 3.8) is 0 Å². The molecule has 1 aromatic carbocycles. The summed E-state index contributed by atoms with van der Waals surface area (Å²) in [6.07, 6.45) is 2.93. The second-order valence-electron chi connectivity index (χ2n) is 4.14. The number of imidazole rings is 1. The van der Waals surface area contributed by atoms with E-state index in [0.29, 0.717) is 10.7 Å². The van der Waals surface area contributed by atoms with Crippen molar-refractivity contribution < 1.29 is 8.42 Å². The summed E-state index contributed by atoms with van der Waals surface area (Å²) in [6, 6.07) is 3.49. The molecule has 6 heteroatoms. The van der Waals surface area contributed by atoms with Gasteiger partial charge in [0.05, 0.1) is 4.90 Å². The van der Waals surface area contributed by atoms with Crippen LogP contribution >= 0.6 is 15.9 Å². The Labute approximate surface area is 115 Å². The Hall–Kier alpha value is -1.14. The Morgan fingerprint density at radius 2 is 1.83 bits per heavy atom. The fraction of sp³-hybridized carbons (Fsp3) is 0.250. The van der Waals surface area contributed by atoms with Gasteiger partial charge in [-0.1, -0.05) is 22.0 Å². The predicted octanol–water partition coefficient (Wildman–Crippen LogP) is 2.81. The molecule has 0 amide bonds. The number of halogens is 1. The summed E-state index contributed by atoms with van der Waals surface area (Å²) in [5.74, 6) is 0.450. The number of aromatic nitrogens is 2. The van der Waals surface area contributed by atoms with Gasteiger partial charge >= 0.3 is 0 Å². The normalized spacial score (nSPS) is 11.8. The van der Waals surface area contributed by atoms with Gasteiger partial charge in [0.2, 0.25) is 0 Å². The van der Waals surface area contributed by atoms with Gasteiger partial charge in [0.25, 0.3) is 10.0 Å². The van der Waals surface area contributed by atoms with Crippen LogP contribution < -0.4 is 0 Å². The lowest BCUT2D eigenvalue weighted by atomic mass is 10.2. The molecule has 0 saturated carbocycles. The minimum atomic E-state index is -3.57. The summed E-state index contributed by atoms with van der Waals surface area (Å²) in [7, 11) is -3.57. The lowest BCUT2D eigenvalue weighted by Gasteiger charge is -2.11. The molecule has 0 aliphatic heterocycles. The molecule has 0 aliphatic carbocycles. The fourth-order valence-electron chi connectivity index (χ4n) is 1.81. The van der Waals surface area contributed by atoms with Crippen LogP contribution in [0.15, 0.2) is 33.9 Å². The van der Waals surface area contributed by atoms with Gasteiger partial charge in [-0.25, -0.2) is 17.4 Å². The van der Waals surface area contributed by atoms with Crippen LogP contribution in [0.3, 0.4) is 0 Å². The third-order valence-electron chi connectivity index (χ3n) is 2.78. The Bertz CT molecular complexity index is 705. The molecule has 96 valence electrons. The van der Waals surface area contributed by atoms with Crippen LogP contribution in [0.25, 0.3) is 0 Å². The topological polar surface area (TPSA) is 52.0 Å². The molecule has 0 atom stereocenters. The van der Waals surface area contributed by atoms with Crippen molar-refractivity contribution in [3.8, 4) is 0 Å². The molecule has 1 aromatic heterocycles.